The zero-order valence-electron chi connectivity index (χ0n) is 9.32. The molecule has 0 fully saturated rings. The smallest absolute Gasteiger partial charge is 0.234 e. The molecule has 3 aromatic rings. The molecule has 0 saturated heterocycles. The van der Waals surface area contributed by atoms with Crippen molar-refractivity contribution in [1.29, 1.82) is 0 Å². The average molecular weight is 244 g/mol. The topological polar surface area (TPSA) is 52.3 Å². The molecule has 18 heavy (non-hydrogen) atoms. The molecule has 0 amide bonds. The first kappa shape index (κ1) is 10.6. The Morgan fingerprint density at radius 3 is 3.06 bits per heavy atom. The summed E-state index contributed by atoms with van der Waals surface area (Å²) in [5, 5.41) is 0. The van der Waals surface area contributed by atoms with Crippen molar-refractivity contribution < 1.29 is 9.13 Å². The number of ether oxygens (including phenoxy) is 1. The van der Waals surface area contributed by atoms with Crippen LogP contribution in [0.5, 0.6) is 5.75 Å². The molecule has 6 heteroatoms. The lowest BCUT2D eigenvalue weighted by Crippen LogP contribution is -1.96. The normalized spacial score (nSPS) is 10.7. The van der Waals surface area contributed by atoms with Crippen LogP contribution in [0.1, 0.15) is 5.69 Å². The van der Waals surface area contributed by atoms with Gasteiger partial charge in [0, 0.05) is 30.9 Å². The van der Waals surface area contributed by atoms with Gasteiger partial charge in [0.2, 0.25) is 11.7 Å². The quantitative estimate of drug-likeness (QED) is 0.660. The Bertz CT molecular complexity index is 649. The van der Waals surface area contributed by atoms with Crippen molar-refractivity contribution in [3.63, 3.8) is 0 Å². The van der Waals surface area contributed by atoms with Crippen molar-refractivity contribution in [3.8, 4) is 5.75 Å². The highest BCUT2D eigenvalue weighted by Gasteiger charge is 2.03. The zero-order valence-corrected chi connectivity index (χ0v) is 9.32. The van der Waals surface area contributed by atoms with Crippen LogP contribution >= 0.6 is 0 Å². The van der Waals surface area contributed by atoms with Crippen molar-refractivity contribution in [3.05, 3.63) is 54.6 Å². The summed E-state index contributed by atoms with van der Waals surface area (Å²) in [5.74, 6) is 0.466. The van der Waals surface area contributed by atoms with Gasteiger partial charge in [0.05, 0.1) is 5.69 Å². The molecule has 0 aliphatic heterocycles. The average Bonchev–Trinajstić information content (AvgIpc) is 2.79. The second-order valence-electron chi connectivity index (χ2n) is 3.66. The van der Waals surface area contributed by atoms with Gasteiger partial charge >= 0.3 is 0 Å². The number of fused-ring (bicyclic) bond motifs is 1. The number of halogens is 1. The molecule has 3 aromatic heterocycles. The number of pyridine rings is 1. The number of aromatic nitrogens is 4. The number of hydrogen-bond donors (Lipinski definition) is 0. The van der Waals surface area contributed by atoms with Crippen LogP contribution in [0, 0.1) is 5.95 Å². The van der Waals surface area contributed by atoms with Crippen LogP contribution in [0.2, 0.25) is 0 Å². The van der Waals surface area contributed by atoms with Crippen LogP contribution < -0.4 is 4.74 Å². The first-order valence-corrected chi connectivity index (χ1v) is 5.34. The highest BCUT2D eigenvalue weighted by Crippen LogP contribution is 2.12. The van der Waals surface area contributed by atoms with Gasteiger partial charge in [-0.05, 0) is 12.1 Å². The Morgan fingerprint density at radius 2 is 2.22 bits per heavy atom. The monoisotopic (exact) mass is 244 g/mol. The highest BCUT2D eigenvalue weighted by molar-refractivity contribution is 5.29. The van der Waals surface area contributed by atoms with Gasteiger partial charge in [0.15, 0.2) is 0 Å². The van der Waals surface area contributed by atoms with Crippen LogP contribution in [0.25, 0.3) is 5.78 Å². The van der Waals surface area contributed by atoms with Gasteiger partial charge in [-0.25, -0.2) is 15.0 Å². The van der Waals surface area contributed by atoms with E-state index >= 15 is 0 Å². The van der Waals surface area contributed by atoms with Crippen molar-refractivity contribution >= 4 is 5.78 Å². The molecule has 0 N–H and O–H groups in total. The van der Waals surface area contributed by atoms with Crippen LogP contribution in [0.4, 0.5) is 4.39 Å². The SMILES string of the molecule is Fc1cc(OCc2cn3cccnc3n2)ccn1. The summed E-state index contributed by atoms with van der Waals surface area (Å²) >= 11 is 0. The third-order valence-corrected chi connectivity index (χ3v) is 2.37. The minimum atomic E-state index is -0.566. The van der Waals surface area contributed by atoms with Gasteiger partial charge in [-0.2, -0.15) is 4.39 Å². The molecular formula is C12H9FN4O. The summed E-state index contributed by atoms with van der Waals surface area (Å²) in [6.07, 6.45) is 6.70. The standard InChI is InChI=1S/C12H9FN4O/c13-11-6-10(2-4-14-11)18-8-9-7-17-5-1-3-15-12(17)16-9/h1-7H,8H2. The van der Waals surface area contributed by atoms with E-state index in [1.807, 2.05) is 18.5 Å². The van der Waals surface area contributed by atoms with Gasteiger partial charge in [-0.15, -0.1) is 0 Å². The van der Waals surface area contributed by atoms with E-state index in [1.165, 1.54) is 12.3 Å². The van der Waals surface area contributed by atoms with Crippen molar-refractivity contribution in [2.45, 2.75) is 6.61 Å². The molecule has 3 heterocycles. The van der Waals surface area contributed by atoms with E-state index in [1.54, 1.807) is 16.7 Å². The lowest BCUT2D eigenvalue weighted by molar-refractivity contribution is 0.299. The number of imidazole rings is 1. The van der Waals surface area contributed by atoms with E-state index in [2.05, 4.69) is 15.0 Å². The fourth-order valence-corrected chi connectivity index (χ4v) is 1.58. The maximum absolute atomic E-state index is 12.8. The van der Waals surface area contributed by atoms with Crippen molar-refractivity contribution in [2.24, 2.45) is 0 Å². The van der Waals surface area contributed by atoms with E-state index in [-0.39, 0.29) is 6.61 Å². The van der Waals surface area contributed by atoms with E-state index < -0.39 is 5.95 Å². The maximum atomic E-state index is 12.8. The molecule has 5 nitrogen and oxygen atoms in total. The number of nitrogens with zero attached hydrogens (tertiary/aromatic N) is 4. The lowest BCUT2D eigenvalue weighted by Gasteiger charge is -2.02. The Morgan fingerprint density at radius 1 is 1.28 bits per heavy atom. The van der Waals surface area contributed by atoms with E-state index in [0.717, 1.165) is 5.69 Å². The predicted molar refractivity (Wildman–Crippen MR) is 61.5 cm³/mol. The summed E-state index contributed by atoms with van der Waals surface area (Å²) < 4.78 is 20.1. The molecule has 0 saturated carbocycles. The molecule has 0 atom stereocenters. The molecule has 0 radical (unpaired) electrons. The van der Waals surface area contributed by atoms with Crippen LogP contribution in [0.15, 0.2) is 43.0 Å². The van der Waals surface area contributed by atoms with E-state index in [4.69, 9.17) is 4.74 Å². The van der Waals surface area contributed by atoms with E-state index in [9.17, 15) is 4.39 Å². The minimum absolute atomic E-state index is 0.257. The van der Waals surface area contributed by atoms with Crippen LogP contribution in [0.3, 0.4) is 0 Å². The third kappa shape index (κ3) is 2.13. The lowest BCUT2D eigenvalue weighted by atomic mass is 10.4. The summed E-state index contributed by atoms with van der Waals surface area (Å²) in [7, 11) is 0. The van der Waals surface area contributed by atoms with Crippen molar-refractivity contribution in [1.82, 2.24) is 19.4 Å². The minimum Gasteiger partial charge on any atom is -0.487 e. The van der Waals surface area contributed by atoms with Crippen LogP contribution in [-0.4, -0.2) is 19.4 Å². The van der Waals surface area contributed by atoms with E-state index in [0.29, 0.717) is 11.5 Å². The molecule has 90 valence electrons. The molecule has 0 unspecified atom stereocenters. The summed E-state index contributed by atoms with van der Waals surface area (Å²) in [6, 6.07) is 4.64. The second kappa shape index (κ2) is 4.40. The fraction of sp³-hybridized carbons (Fsp3) is 0.0833. The summed E-state index contributed by atoms with van der Waals surface area (Å²) in [6.45, 7) is 0.257. The summed E-state index contributed by atoms with van der Waals surface area (Å²) in [5.41, 5.74) is 0.728. The Hall–Kier alpha value is -2.50. The zero-order chi connectivity index (χ0) is 12.4. The Labute approximate surface area is 102 Å². The molecule has 3 rings (SSSR count). The largest absolute Gasteiger partial charge is 0.487 e. The molecule has 0 aromatic carbocycles. The Kier molecular flexibility index (Phi) is 2.60. The summed E-state index contributed by atoms with van der Waals surface area (Å²) in [4.78, 5) is 11.8. The Balaban J connectivity index is 1.76. The fourth-order valence-electron chi connectivity index (χ4n) is 1.58. The molecule has 0 aliphatic carbocycles. The molecule has 0 spiro atoms. The maximum Gasteiger partial charge on any atom is 0.234 e. The predicted octanol–water partition coefficient (Wildman–Crippen LogP) is 1.84. The van der Waals surface area contributed by atoms with Gasteiger partial charge in [0.1, 0.15) is 12.4 Å². The highest BCUT2D eigenvalue weighted by atomic mass is 19.1. The third-order valence-electron chi connectivity index (χ3n) is 2.37. The van der Waals surface area contributed by atoms with Gasteiger partial charge in [-0.1, -0.05) is 0 Å². The second-order valence-corrected chi connectivity index (χ2v) is 3.66. The van der Waals surface area contributed by atoms with Crippen LogP contribution in [-0.2, 0) is 6.61 Å². The first-order valence-electron chi connectivity index (χ1n) is 5.34. The van der Waals surface area contributed by atoms with Gasteiger partial charge < -0.3 is 4.74 Å². The van der Waals surface area contributed by atoms with Gasteiger partial charge in [-0.3, -0.25) is 4.40 Å². The molecule has 0 aliphatic rings. The number of rotatable bonds is 3. The van der Waals surface area contributed by atoms with Gasteiger partial charge in [0.25, 0.3) is 0 Å². The first-order chi connectivity index (χ1) is 8.81. The number of hydrogen-bond acceptors (Lipinski definition) is 4. The molecule has 0 bridgehead atoms. The molecular weight excluding hydrogens is 235 g/mol. The van der Waals surface area contributed by atoms with Crippen molar-refractivity contribution in [2.75, 3.05) is 0 Å².